The maximum Gasteiger partial charge on any atom is 0.236 e. The van der Waals surface area contributed by atoms with Gasteiger partial charge in [-0.05, 0) is 37.2 Å². The molecule has 0 radical (unpaired) electrons. The van der Waals surface area contributed by atoms with E-state index in [0.717, 1.165) is 13.0 Å². The summed E-state index contributed by atoms with van der Waals surface area (Å²) in [5, 5.41) is 11.7. The first-order chi connectivity index (χ1) is 10.0. The molecule has 1 amide bonds. The quantitative estimate of drug-likeness (QED) is 0.855. The maximum absolute atomic E-state index is 12.2. The minimum atomic E-state index is -3.44. The van der Waals surface area contributed by atoms with Crippen LogP contribution in [0.5, 0.6) is 0 Å². The Morgan fingerprint density at radius 3 is 2.67 bits per heavy atom. The van der Waals surface area contributed by atoms with Gasteiger partial charge in [0.05, 0.1) is 28.8 Å². The molecule has 1 aromatic carbocycles. The summed E-state index contributed by atoms with van der Waals surface area (Å²) in [6.07, 6.45) is 0.822. The number of hydrogen-bond donors (Lipinski definition) is 1. The predicted octanol–water partition coefficient (Wildman–Crippen LogP) is 0.154. The Hall–Kier alpha value is -1.91. The predicted molar refractivity (Wildman–Crippen MR) is 77.3 cm³/mol. The molecule has 0 aliphatic carbocycles. The Labute approximate surface area is 124 Å². The number of rotatable bonds is 4. The second-order valence-corrected chi connectivity index (χ2v) is 6.98. The summed E-state index contributed by atoms with van der Waals surface area (Å²) < 4.78 is 24.5. The Morgan fingerprint density at radius 1 is 1.29 bits per heavy atom. The van der Waals surface area contributed by atoms with Gasteiger partial charge < -0.3 is 10.2 Å². The lowest BCUT2D eigenvalue weighted by Gasteiger charge is -2.19. The van der Waals surface area contributed by atoms with Crippen LogP contribution in [-0.4, -0.2) is 51.2 Å². The first-order valence-electron chi connectivity index (χ1n) is 6.74. The van der Waals surface area contributed by atoms with Gasteiger partial charge in [-0.15, -0.1) is 0 Å². The lowest BCUT2D eigenvalue weighted by atomic mass is 10.2. The normalized spacial score (nSPS) is 16.3. The number of sulfone groups is 1. The van der Waals surface area contributed by atoms with Crippen molar-refractivity contribution in [1.82, 2.24) is 10.2 Å². The summed E-state index contributed by atoms with van der Waals surface area (Å²) in [5.74, 6) is -0.174. The van der Waals surface area contributed by atoms with Crippen molar-refractivity contribution in [2.24, 2.45) is 0 Å². The Kier molecular flexibility index (Phi) is 4.94. The summed E-state index contributed by atoms with van der Waals surface area (Å²) >= 11 is 0. The van der Waals surface area contributed by atoms with Crippen LogP contribution in [0.2, 0.25) is 0 Å². The maximum atomic E-state index is 12.2. The van der Waals surface area contributed by atoms with Crippen LogP contribution in [0.4, 0.5) is 0 Å². The van der Waals surface area contributed by atoms with E-state index in [2.05, 4.69) is 5.32 Å². The molecule has 1 aliphatic heterocycles. The molecule has 1 saturated heterocycles. The van der Waals surface area contributed by atoms with Crippen molar-refractivity contribution < 1.29 is 13.2 Å². The Morgan fingerprint density at radius 2 is 2.00 bits per heavy atom. The molecule has 1 aliphatic rings. The molecule has 2 rings (SSSR count). The third-order valence-electron chi connectivity index (χ3n) is 3.38. The van der Waals surface area contributed by atoms with Gasteiger partial charge in [0.2, 0.25) is 5.91 Å². The Balaban J connectivity index is 2.03. The molecule has 0 aromatic heterocycles. The number of nitrogens with one attached hydrogen (secondary N) is 1. The van der Waals surface area contributed by atoms with Gasteiger partial charge in [0.1, 0.15) is 0 Å². The van der Waals surface area contributed by atoms with E-state index < -0.39 is 9.84 Å². The van der Waals surface area contributed by atoms with E-state index in [0.29, 0.717) is 12.1 Å². The first-order valence-corrected chi connectivity index (χ1v) is 8.39. The molecule has 7 heteroatoms. The lowest BCUT2D eigenvalue weighted by molar-refractivity contribution is -0.129. The molecule has 0 spiro atoms. The van der Waals surface area contributed by atoms with Crippen molar-refractivity contribution in [1.29, 1.82) is 5.26 Å². The minimum Gasteiger partial charge on any atom is -0.341 e. The van der Waals surface area contributed by atoms with Gasteiger partial charge in [-0.1, -0.05) is 0 Å². The molecule has 112 valence electrons. The first kappa shape index (κ1) is 15.5. The second kappa shape index (κ2) is 6.70. The smallest absolute Gasteiger partial charge is 0.236 e. The van der Waals surface area contributed by atoms with Crippen molar-refractivity contribution in [3.63, 3.8) is 0 Å². The van der Waals surface area contributed by atoms with Crippen LogP contribution in [0, 0.1) is 11.3 Å². The van der Waals surface area contributed by atoms with E-state index in [4.69, 9.17) is 5.26 Å². The number of amides is 1. The average molecular weight is 307 g/mol. The molecular formula is C14H17N3O3S. The van der Waals surface area contributed by atoms with Crippen LogP contribution in [0.25, 0.3) is 0 Å². The van der Waals surface area contributed by atoms with Crippen LogP contribution in [0.15, 0.2) is 29.2 Å². The van der Waals surface area contributed by atoms with Gasteiger partial charge in [-0.2, -0.15) is 5.26 Å². The van der Waals surface area contributed by atoms with Crippen molar-refractivity contribution >= 4 is 15.7 Å². The zero-order valence-corrected chi connectivity index (χ0v) is 12.4. The van der Waals surface area contributed by atoms with E-state index in [1.54, 1.807) is 4.90 Å². The Bertz CT molecular complexity index is 647. The molecule has 21 heavy (non-hydrogen) atoms. The molecule has 0 unspecified atom stereocenters. The monoisotopic (exact) mass is 307 g/mol. The van der Waals surface area contributed by atoms with Crippen LogP contribution < -0.4 is 5.32 Å². The number of carbonyl (C=O) groups excluding carboxylic acids is 1. The minimum absolute atomic E-state index is 0.0671. The number of benzene rings is 1. The molecular weight excluding hydrogens is 290 g/mol. The van der Waals surface area contributed by atoms with Gasteiger partial charge in [0.25, 0.3) is 0 Å². The fraction of sp³-hybridized carbons (Fsp3) is 0.429. The van der Waals surface area contributed by atoms with Crippen molar-refractivity contribution in [2.45, 2.75) is 11.3 Å². The van der Waals surface area contributed by atoms with E-state index in [1.807, 2.05) is 6.07 Å². The highest BCUT2D eigenvalue weighted by Gasteiger charge is 2.20. The van der Waals surface area contributed by atoms with E-state index in [9.17, 15) is 13.2 Å². The molecule has 1 fully saturated rings. The van der Waals surface area contributed by atoms with Crippen molar-refractivity contribution in [3.8, 4) is 6.07 Å². The summed E-state index contributed by atoms with van der Waals surface area (Å²) in [4.78, 5) is 13.6. The van der Waals surface area contributed by atoms with Gasteiger partial charge in [0.15, 0.2) is 9.84 Å². The van der Waals surface area contributed by atoms with Gasteiger partial charge in [0, 0.05) is 13.1 Å². The average Bonchev–Trinajstić information content (AvgIpc) is 2.70. The standard InChI is InChI=1S/C14H17N3O3S/c15-10-12-2-4-13(5-3-12)21(19,20)9-8-17-7-1-6-16-11-14(17)18/h2-5,16H,1,6-9,11H2. The third kappa shape index (κ3) is 4.03. The summed E-state index contributed by atoms with van der Waals surface area (Å²) in [6.45, 7) is 1.80. The van der Waals surface area contributed by atoms with Crippen LogP contribution in [0.3, 0.4) is 0 Å². The van der Waals surface area contributed by atoms with Gasteiger partial charge in [-0.3, -0.25) is 4.79 Å². The topological polar surface area (TPSA) is 90.3 Å². The zero-order chi connectivity index (χ0) is 15.3. The number of nitrogens with zero attached hydrogens (tertiary/aromatic N) is 2. The third-order valence-corrected chi connectivity index (χ3v) is 5.09. The summed E-state index contributed by atoms with van der Waals surface area (Å²) in [6, 6.07) is 7.77. The van der Waals surface area contributed by atoms with Crippen LogP contribution >= 0.6 is 0 Å². The highest BCUT2D eigenvalue weighted by molar-refractivity contribution is 7.91. The zero-order valence-electron chi connectivity index (χ0n) is 11.6. The highest BCUT2D eigenvalue weighted by Crippen LogP contribution is 2.13. The SMILES string of the molecule is N#Cc1ccc(S(=O)(=O)CCN2CCCNCC2=O)cc1. The molecule has 6 nitrogen and oxygen atoms in total. The largest absolute Gasteiger partial charge is 0.341 e. The van der Waals surface area contributed by atoms with Gasteiger partial charge >= 0.3 is 0 Å². The molecule has 1 aromatic rings. The summed E-state index contributed by atoms with van der Waals surface area (Å²) in [7, 11) is -3.44. The molecule has 0 saturated carbocycles. The van der Waals surface area contributed by atoms with Crippen molar-refractivity contribution in [2.75, 3.05) is 31.9 Å². The molecule has 1 heterocycles. The van der Waals surface area contributed by atoms with Crippen molar-refractivity contribution in [3.05, 3.63) is 29.8 Å². The fourth-order valence-corrected chi connectivity index (χ4v) is 3.40. The highest BCUT2D eigenvalue weighted by atomic mass is 32.2. The molecule has 0 bridgehead atoms. The van der Waals surface area contributed by atoms with E-state index >= 15 is 0 Å². The van der Waals surface area contributed by atoms with E-state index in [-0.39, 0.29) is 29.6 Å². The number of hydrogen-bond acceptors (Lipinski definition) is 5. The van der Waals surface area contributed by atoms with Gasteiger partial charge in [-0.25, -0.2) is 8.42 Å². The van der Waals surface area contributed by atoms with E-state index in [1.165, 1.54) is 24.3 Å². The summed E-state index contributed by atoms with van der Waals surface area (Å²) in [5.41, 5.74) is 0.419. The van der Waals surface area contributed by atoms with Crippen LogP contribution in [0.1, 0.15) is 12.0 Å². The number of nitriles is 1. The molecule has 1 N–H and O–H groups in total. The second-order valence-electron chi connectivity index (χ2n) is 4.87. The molecule has 0 atom stereocenters. The fourth-order valence-electron chi connectivity index (χ4n) is 2.15. The van der Waals surface area contributed by atoms with Crippen LogP contribution in [-0.2, 0) is 14.6 Å². The lowest BCUT2D eigenvalue weighted by Crippen LogP contribution is -2.37. The number of carbonyl (C=O) groups is 1.